The number of halogens is 1. The highest BCUT2D eigenvalue weighted by Crippen LogP contribution is 2.36. The molecule has 0 amide bonds. The Hall–Kier alpha value is -4.32. The van der Waals surface area contributed by atoms with Crippen molar-refractivity contribution >= 4 is 22.9 Å². The van der Waals surface area contributed by atoms with E-state index in [1.165, 1.54) is 24.3 Å². The fourth-order valence-electron chi connectivity index (χ4n) is 4.28. The Kier molecular flexibility index (Phi) is 5.88. The Labute approximate surface area is 207 Å². The van der Waals surface area contributed by atoms with Crippen molar-refractivity contribution in [3.8, 4) is 6.07 Å². The van der Waals surface area contributed by atoms with Crippen molar-refractivity contribution in [2.24, 2.45) is 0 Å². The van der Waals surface area contributed by atoms with E-state index in [0.29, 0.717) is 11.4 Å². The quantitative estimate of drug-likeness (QED) is 0.219. The number of hydrogen-bond acceptors (Lipinski definition) is 7. The smallest absolute Gasteiger partial charge is 0.203 e. The van der Waals surface area contributed by atoms with Crippen LogP contribution in [-0.4, -0.2) is 24.0 Å². The molecule has 0 aliphatic carbocycles. The van der Waals surface area contributed by atoms with Gasteiger partial charge in [-0.15, -0.1) is 0 Å². The lowest BCUT2D eigenvalue weighted by Gasteiger charge is -2.18. The van der Waals surface area contributed by atoms with Gasteiger partial charge in [-0.05, 0) is 44.2 Å². The van der Waals surface area contributed by atoms with Crippen LogP contribution in [0.2, 0.25) is 0 Å². The van der Waals surface area contributed by atoms with Gasteiger partial charge in [-0.25, -0.2) is 4.39 Å². The van der Waals surface area contributed by atoms with E-state index in [9.17, 15) is 14.9 Å². The normalized spacial score (nSPS) is 17.5. The molecule has 0 radical (unpaired) electrons. The number of Topliss-reactive ketones (excluding diaryl/α,β-unsaturated/α-hetero) is 2. The predicted octanol–water partition coefficient (Wildman–Crippen LogP) is 5.34. The van der Waals surface area contributed by atoms with Crippen molar-refractivity contribution in [3.63, 3.8) is 0 Å². The van der Waals surface area contributed by atoms with E-state index in [1.807, 2.05) is 18.2 Å². The summed E-state index contributed by atoms with van der Waals surface area (Å²) < 4.78 is 27.1. The first-order valence-corrected chi connectivity index (χ1v) is 11.3. The summed E-state index contributed by atoms with van der Waals surface area (Å²) in [5, 5.41) is 15.4. The van der Waals surface area contributed by atoms with Crippen LogP contribution in [0.3, 0.4) is 0 Å². The van der Waals surface area contributed by atoms with Gasteiger partial charge in [0.1, 0.15) is 23.3 Å². The maximum atomic E-state index is 15.7. The van der Waals surface area contributed by atoms with Crippen molar-refractivity contribution in [2.45, 2.75) is 25.7 Å². The average molecular weight is 483 g/mol. The monoisotopic (exact) mass is 483 g/mol. The van der Waals surface area contributed by atoms with E-state index in [0.717, 1.165) is 0 Å². The molecule has 8 heteroatoms. The first-order valence-electron chi connectivity index (χ1n) is 11.3. The molecule has 2 N–H and O–H groups in total. The van der Waals surface area contributed by atoms with Gasteiger partial charge in [-0.1, -0.05) is 36.4 Å². The molecule has 180 valence electrons. The molecule has 0 aromatic heterocycles. The van der Waals surface area contributed by atoms with E-state index in [-0.39, 0.29) is 40.3 Å². The number of benzene rings is 3. The minimum atomic E-state index is -0.880. The van der Waals surface area contributed by atoms with E-state index in [2.05, 4.69) is 10.6 Å². The van der Waals surface area contributed by atoms with Gasteiger partial charge in [0, 0.05) is 11.1 Å². The zero-order chi connectivity index (χ0) is 25.4. The fourth-order valence-corrected chi connectivity index (χ4v) is 4.28. The van der Waals surface area contributed by atoms with Crippen molar-refractivity contribution in [2.75, 3.05) is 17.2 Å². The van der Waals surface area contributed by atoms with Crippen molar-refractivity contribution < 1.29 is 23.5 Å². The molecule has 5 rings (SSSR count). The largest absolute Gasteiger partial charge is 0.347 e. The molecule has 7 nitrogen and oxygen atoms in total. The molecule has 3 aromatic carbocycles. The topological polar surface area (TPSA) is 100 Å². The fraction of sp³-hybridized carbons (Fsp3) is 0.179. The third-order valence-corrected chi connectivity index (χ3v) is 6.03. The maximum absolute atomic E-state index is 15.7. The molecule has 0 bridgehead atoms. The summed E-state index contributed by atoms with van der Waals surface area (Å²) in [5.74, 6) is -2.97. The Morgan fingerprint density at radius 2 is 1.69 bits per heavy atom. The molecule has 2 heterocycles. The van der Waals surface area contributed by atoms with Crippen LogP contribution in [0.25, 0.3) is 0 Å². The maximum Gasteiger partial charge on any atom is 0.203 e. The van der Waals surface area contributed by atoms with Gasteiger partial charge in [0.2, 0.25) is 11.6 Å². The van der Waals surface area contributed by atoms with Crippen molar-refractivity contribution in [1.29, 1.82) is 5.26 Å². The highest BCUT2D eigenvalue weighted by Gasteiger charge is 2.37. The van der Waals surface area contributed by atoms with Gasteiger partial charge in [0.05, 0.1) is 35.2 Å². The first-order chi connectivity index (χ1) is 17.3. The molecule has 2 aliphatic heterocycles. The Bertz CT molecular complexity index is 1440. The number of carbonyl (C=O) groups is 2. The molecular formula is C28H22FN3O4. The Balaban J connectivity index is 1.60. The highest BCUT2D eigenvalue weighted by atomic mass is 19.1. The number of ether oxygens (including phenoxy) is 2. The summed E-state index contributed by atoms with van der Waals surface area (Å²) in [4.78, 5) is 27.5. The van der Waals surface area contributed by atoms with Crippen LogP contribution < -0.4 is 10.6 Å². The molecule has 1 atom stereocenters. The number of allylic oxidation sites excluding steroid dienone is 1. The first kappa shape index (κ1) is 23.4. The summed E-state index contributed by atoms with van der Waals surface area (Å²) in [5.41, 5.74) is 1.37. The zero-order valence-electron chi connectivity index (χ0n) is 19.6. The van der Waals surface area contributed by atoms with Crippen molar-refractivity contribution in [3.05, 3.63) is 106 Å². The zero-order valence-corrected chi connectivity index (χ0v) is 19.6. The second-order valence-electron chi connectivity index (χ2n) is 8.92. The Morgan fingerprint density at radius 3 is 2.33 bits per heavy atom. The van der Waals surface area contributed by atoms with Gasteiger partial charge in [0.25, 0.3) is 0 Å². The number of hydrogen-bond donors (Lipinski definition) is 2. The third kappa shape index (κ3) is 4.26. The van der Waals surface area contributed by atoms with Gasteiger partial charge < -0.3 is 20.1 Å². The van der Waals surface area contributed by atoms with Gasteiger partial charge in [0.15, 0.2) is 5.79 Å². The van der Waals surface area contributed by atoms with E-state index in [4.69, 9.17) is 9.47 Å². The number of nitriles is 1. The van der Waals surface area contributed by atoms with Crippen LogP contribution in [0.1, 0.15) is 51.8 Å². The van der Waals surface area contributed by atoms with Crippen LogP contribution in [0.4, 0.5) is 15.8 Å². The highest BCUT2D eigenvalue weighted by molar-refractivity contribution is 6.32. The lowest BCUT2D eigenvalue weighted by molar-refractivity contribution is -0.139. The molecule has 36 heavy (non-hydrogen) atoms. The van der Waals surface area contributed by atoms with Gasteiger partial charge in [-0.3, -0.25) is 9.59 Å². The number of carbonyl (C=O) groups excluding carboxylic acids is 2. The molecule has 0 unspecified atom stereocenters. The van der Waals surface area contributed by atoms with E-state index in [1.54, 1.807) is 44.2 Å². The molecule has 3 aromatic rings. The summed E-state index contributed by atoms with van der Waals surface area (Å²) in [6.45, 7) is 3.59. The second kappa shape index (κ2) is 9.04. The lowest BCUT2D eigenvalue weighted by atomic mass is 9.93. The van der Waals surface area contributed by atoms with Gasteiger partial charge in [-0.2, -0.15) is 5.26 Å². The van der Waals surface area contributed by atoms with E-state index >= 15 is 4.39 Å². The summed E-state index contributed by atoms with van der Waals surface area (Å²) in [7, 11) is 0. The molecular weight excluding hydrogens is 461 g/mol. The Morgan fingerprint density at radius 1 is 1.00 bits per heavy atom. The summed E-state index contributed by atoms with van der Waals surface area (Å²) in [6.07, 6.45) is -0.696. The number of anilines is 2. The number of ketones is 2. The SMILES string of the molecule is CC1(C)OC[C@@H](c2cccc(C(=O)C(C(=O)c3cccc(C#N)c3)=C3Nc4ccccc4N3)c2F)O1. The molecule has 1 saturated heterocycles. The average Bonchev–Trinajstić information content (AvgIpc) is 3.46. The molecule has 0 spiro atoms. The molecule has 1 fully saturated rings. The van der Waals surface area contributed by atoms with Crippen LogP contribution >= 0.6 is 0 Å². The van der Waals surface area contributed by atoms with Crippen LogP contribution in [0.15, 0.2) is 78.1 Å². The number of fused-ring (bicyclic) bond motifs is 1. The lowest BCUT2D eigenvalue weighted by Crippen LogP contribution is -2.22. The standard InChI is InChI=1S/C28H22FN3O4/c1-28(2)35-15-22(36-28)18-9-6-10-19(24(18)29)26(34)23(25(33)17-8-5-7-16(13-17)14-30)27-31-20-11-3-4-12-21(20)32-27/h3-13,22,31-32H,15H2,1-2H3/t22-/m0/s1. The second-order valence-corrected chi connectivity index (χ2v) is 8.92. The minimum Gasteiger partial charge on any atom is -0.347 e. The van der Waals surface area contributed by atoms with Gasteiger partial charge >= 0.3 is 0 Å². The van der Waals surface area contributed by atoms with Crippen LogP contribution in [0.5, 0.6) is 0 Å². The van der Waals surface area contributed by atoms with E-state index < -0.39 is 29.3 Å². The number of para-hydroxylation sites is 2. The summed E-state index contributed by atoms with van der Waals surface area (Å²) >= 11 is 0. The van der Waals surface area contributed by atoms with Crippen LogP contribution in [-0.2, 0) is 9.47 Å². The minimum absolute atomic E-state index is 0.133. The number of nitrogens with zero attached hydrogens (tertiary/aromatic N) is 1. The molecule has 2 aliphatic rings. The number of rotatable bonds is 5. The predicted molar refractivity (Wildman–Crippen MR) is 131 cm³/mol. The number of nitrogens with one attached hydrogen (secondary N) is 2. The van der Waals surface area contributed by atoms with Crippen molar-refractivity contribution in [1.82, 2.24) is 0 Å². The third-order valence-electron chi connectivity index (χ3n) is 6.03. The van der Waals surface area contributed by atoms with Crippen LogP contribution in [0, 0.1) is 17.1 Å². The molecule has 0 saturated carbocycles. The summed E-state index contributed by atoms with van der Waals surface area (Å²) in [6, 6.07) is 19.6.